The van der Waals surface area contributed by atoms with Crippen LogP contribution >= 0.6 is 0 Å². The van der Waals surface area contributed by atoms with E-state index in [1.165, 1.54) is 0 Å². The van der Waals surface area contributed by atoms with Gasteiger partial charge in [-0.1, -0.05) is 12.1 Å². The van der Waals surface area contributed by atoms with Crippen molar-refractivity contribution in [2.24, 2.45) is 0 Å². The minimum Gasteiger partial charge on any atom is -0.399 e. The number of nitrogens with two attached hydrogens (primary N) is 1. The molecular formula is C10H15NO3S. The van der Waals surface area contributed by atoms with E-state index >= 15 is 0 Å². The molecule has 0 amide bonds. The lowest BCUT2D eigenvalue weighted by Crippen LogP contribution is -2.10. The summed E-state index contributed by atoms with van der Waals surface area (Å²) < 4.78 is 23.0. The Kier molecular flexibility index (Phi) is 4.11. The Morgan fingerprint density at radius 2 is 1.80 bits per heavy atom. The molecule has 0 saturated carbocycles. The highest BCUT2D eigenvalue weighted by Crippen LogP contribution is 2.10. The van der Waals surface area contributed by atoms with Crippen LogP contribution in [0.4, 0.5) is 5.69 Å². The molecule has 4 nitrogen and oxygen atoms in total. The Morgan fingerprint density at radius 1 is 1.20 bits per heavy atom. The van der Waals surface area contributed by atoms with Gasteiger partial charge in [0.2, 0.25) is 0 Å². The van der Waals surface area contributed by atoms with E-state index in [1.807, 2.05) is 0 Å². The van der Waals surface area contributed by atoms with Crippen LogP contribution in [0.5, 0.6) is 0 Å². The summed E-state index contributed by atoms with van der Waals surface area (Å²) in [5, 5.41) is 8.55. The first-order valence-corrected chi connectivity index (χ1v) is 6.51. The average Bonchev–Trinajstić information content (AvgIpc) is 2.18. The first-order chi connectivity index (χ1) is 7.03. The summed E-state index contributed by atoms with van der Waals surface area (Å²) in [6.45, 7) is -0.0963. The summed E-state index contributed by atoms with van der Waals surface area (Å²) >= 11 is 0. The maximum Gasteiger partial charge on any atom is 0.154 e. The molecule has 0 aliphatic rings. The Bertz CT molecular complexity index is 397. The predicted octanol–water partition coefficient (Wildman–Crippen LogP) is 0.566. The minimum atomic E-state index is -3.11. The van der Waals surface area contributed by atoms with E-state index in [4.69, 9.17) is 10.8 Å². The maximum absolute atomic E-state index is 11.5. The molecule has 1 aromatic carbocycles. The minimum absolute atomic E-state index is 0.00722. The zero-order chi connectivity index (χ0) is 11.3. The summed E-state index contributed by atoms with van der Waals surface area (Å²) in [5.74, 6) is 0.0289. The Hall–Kier alpha value is -1.07. The molecule has 0 aliphatic heterocycles. The van der Waals surface area contributed by atoms with E-state index in [2.05, 4.69) is 0 Å². The second-order valence-electron chi connectivity index (χ2n) is 3.41. The van der Waals surface area contributed by atoms with Gasteiger partial charge in [-0.05, 0) is 24.1 Å². The van der Waals surface area contributed by atoms with Crippen molar-refractivity contribution in [2.45, 2.75) is 12.2 Å². The van der Waals surface area contributed by atoms with Crippen molar-refractivity contribution >= 4 is 15.5 Å². The topological polar surface area (TPSA) is 80.4 Å². The largest absolute Gasteiger partial charge is 0.399 e. The number of rotatable bonds is 5. The van der Waals surface area contributed by atoms with Crippen molar-refractivity contribution in [1.29, 1.82) is 0 Å². The van der Waals surface area contributed by atoms with Crippen LogP contribution in [0.15, 0.2) is 24.3 Å². The van der Waals surface area contributed by atoms with Gasteiger partial charge in [0.05, 0.1) is 11.5 Å². The Labute approximate surface area is 89.7 Å². The fourth-order valence-electron chi connectivity index (χ4n) is 1.22. The van der Waals surface area contributed by atoms with Gasteiger partial charge in [0.15, 0.2) is 9.84 Å². The molecular weight excluding hydrogens is 214 g/mol. The molecule has 1 rings (SSSR count). The zero-order valence-electron chi connectivity index (χ0n) is 8.39. The second-order valence-corrected chi connectivity index (χ2v) is 5.59. The molecule has 0 radical (unpaired) electrons. The molecule has 5 heteroatoms. The highest BCUT2D eigenvalue weighted by Gasteiger charge is 2.10. The van der Waals surface area contributed by atoms with Crippen LogP contribution in [0.25, 0.3) is 0 Å². The van der Waals surface area contributed by atoms with Crippen LogP contribution in [-0.2, 0) is 15.6 Å². The number of nitrogen functional groups attached to an aromatic ring is 1. The van der Waals surface area contributed by atoms with Crippen molar-refractivity contribution in [1.82, 2.24) is 0 Å². The number of anilines is 1. The van der Waals surface area contributed by atoms with Crippen molar-refractivity contribution in [2.75, 3.05) is 18.1 Å². The van der Waals surface area contributed by atoms with Crippen LogP contribution in [0.2, 0.25) is 0 Å². The lowest BCUT2D eigenvalue weighted by molar-refractivity contribution is 0.295. The van der Waals surface area contributed by atoms with E-state index in [1.54, 1.807) is 24.3 Å². The van der Waals surface area contributed by atoms with Crippen LogP contribution in [0.3, 0.4) is 0 Å². The number of benzene rings is 1. The molecule has 84 valence electrons. The highest BCUT2D eigenvalue weighted by atomic mass is 32.2. The molecule has 0 spiro atoms. The monoisotopic (exact) mass is 229 g/mol. The molecule has 0 fully saturated rings. The van der Waals surface area contributed by atoms with Crippen molar-refractivity contribution in [3.05, 3.63) is 29.8 Å². The lowest BCUT2D eigenvalue weighted by atomic mass is 10.2. The Morgan fingerprint density at radius 3 is 2.33 bits per heavy atom. The molecule has 0 unspecified atom stereocenters. The number of aliphatic hydroxyl groups excluding tert-OH is 1. The van der Waals surface area contributed by atoms with Crippen LogP contribution in [0, 0.1) is 0 Å². The lowest BCUT2D eigenvalue weighted by Gasteiger charge is -2.03. The van der Waals surface area contributed by atoms with Crippen molar-refractivity contribution < 1.29 is 13.5 Å². The molecule has 0 bridgehead atoms. The fourth-order valence-corrected chi connectivity index (χ4v) is 2.64. The van der Waals surface area contributed by atoms with Gasteiger partial charge in [0.25, 0.3) is 0 Å². The zero-order valence-corrected chi connectivity index (χ0v) is 9.20. The van der Waals surface area contributed by atoms with Crippen LogP contribution in [-0.4, -0.2) is 25.9 Å². The van der Waals surface area contributed by atoms with E-state index in [0.717, 1.165) is 5.56 Å². The van der Waals surface area contributed by atoms with E-state index in [0.29, 0.717) is 5.69 Å². The van der Waals surface area contributed by atoms with E-state index < -0.39 is 9.84 Å². The van der Waals surface area contributed by atoms with Gasteiger partial charge in [-0.3, -0.25) is 0 Å². The third-order valence-corrected chi connectivity index (χ3v) is 3.66. The molecule has 3 N–H and O–H groups in total. The third kappa shape index (κ3) is 4.31. The van der Waals surface area contributed by atoms with Gasteiger partial charge in [-0.25, -0.2) is 8.42 Å². The van der Waals surface area contributed by atoms with Gasteiger partial charge >= 0.3 is 0 Å². The maximum atomic E-state index is 11.5. The molecule has 0 heterocycles. The molecule has 1 aromatic rings. The quantitative estimate of drug-likeness (QED) is 0.723. The summed E-state index contributed by atoms with van der Waals surface area (Å²) in [7, 11) is -3.11. The first kappa shape index (κ1) is 12.0. The summed E-state index contributed by atoms with van der Waals surface area (Å²) in [5.41, 5.74) is 6.83. The third-order valence-electron chi connectivity index (χ3n) is 1.98. The normalized spacial score (nSPS) is 11.5. The number of sulfone groups is 1. The van der Waals surface area contributed by atoms with Gasteiger partial charge in [-0.2, -0.15) is 0 Å². The molecule has 0 atom stereocenters. The standard InChI is InChI=1S/C10H15NO3S/c11-10-4-2-9(3-5-10)8-15(13,14)7-1-6-12/h2-5,12H,1,6-8,11H2. The smallest absolute Gasteiger partial charge is 0.154 e. The van der Waals surface area contributed by atoms with Gasteiger partial charge < -0.3 is 10.8 Å². The summed E-state index contributed by atoms with van der Waals surface area (Å²) in [6.07, 6.45) is 0.289. The highest BCUT2D eigenvalue weighted by molar-refractivity contribution is 7.90. The van der Waals surface area contributed by atoms with Crippen molar-refractivity contribution in [3.8, 4) is 0 Å². The second kappa shape index (κ2) is 5.14. The molecule has 0 aromatic heterocycles. The van der Waals surface area contributed by atoms with Gasteiger partial charge in [-0.15, -0.1) is 0 Å². The summed E-state index contributed by atoms with van der Waals surface area (Å²) in [6, 6.07) is 6.76. The van der Waals surface area contributed by atoms with Gasteiger partial charge in [0, 0.05) is 12.3 Å². The first-order valence-electron chi connectivity index (χ1n) is 4.69. The van der Waals surface area contributed by atoms with E-state index in [-0.39, 0.29) is 24.5 Å². The molecule has 0 aliphatic carbocycles. The number of aliphatic hydroxyl groups is 1. The van der Waals surface area contributed by atoms with Crippen LogP contribution < -0.4 is 5.73 Å². The predicted molar refractivity (Wildman–Crippen MR) is 60.0 cm³/mol. The Balaban J connectivity index is 2.65. The van der Waals surface area contributed by atoms with E-state index in [9.17, 15) is 8.42 Å². The average molecular weight is 229 g/mol. The molecule has 0 saturated heterocycles. The van der Waals surface area contributed by atoms with Crippen molar-refractivity contribution in [3.63, 3.8) is 0 Å². The molecule has 15 heavy (non-hydrogen) atoms. The number of hydrogen-bond acceptors (Lipinski definition) is 4. The van der Waals surface area contributed by atoms with Crippen LogP contribution in [0.1, 0.15) is 12.0 Å². The SMILES string of the molecule is Nc1ccc(CS(=O)(=O)CCCO)cc1. The fraction of sp³-hybridized carbons (Fsp3) is 0.400. The van der Waals surface area contributed by atoms with Gasteiger partial charge in [0.1, 0.15) is 0 Å². The summed E-state index contributed by atoms with van der Waals surface area (Å²) in [4.78, 5) is 0. The number of hydrogen-bond donors (Lipinski definition) is 2.